The number of anilines is 1. The Labute approximate surface area is 112 Å². The quantitative estimate of drug-likeness (QED) is 0.655. The van der Waals surface area contributed by atoms with Gasteiger partial charge in [-0.2, -0.15) is 0 Å². The zero-order valence-electron chi connectivity index (χ0n) is 8.87. The number of ether oxygens (including phenoxy) is 1. The fourth-order valence-electron chi connectivity index (χ4n) is 1.68. The Morgan fingerprint density at radius 3 is 2.94 bits per heavy atom. The van der Waals surface area contributed by atoms with Crippen LogP contribution in [0.15, 0.2) is 17.0 Å². The molecule has 2 unspecified atom stereocenters. The Bertz CT molecular complexity index is 402. The monoisotopic (exact) mass is 353 g/mol. The molecule has 1 aliphatic rings. The molecule has 1 fully saturated rings. The Kier molecular flexibility index (Phi) is 3.97. The van der Waals surface area contributed by atoms with Gasteiger partial charge in [0.15, 0.2) is 0 Å². The highest BCUT2D eigenvalue weighted by Gasteiger charge is 2.26. The SMILES string of the molecule is CC1OCCC1Sc1cc(F)c(I)cc1N. The fourth-order valence-corrected chi connectivity index (χ4v) is 3.34. The van der Waals surface area contributed by atoms with E-state index in [0.29, 0.717) is 14.5 Å². The van der Waals surface area contributed by atoms with E-state index in [0.717, 1.165) is 17.9 Å². The molecule has 1 aromatic carbocycles. The first kappa shape index (κ1) is 12.4. The maximum absolute atomic E-state index is 13.4. The number of hydrogen-bond acceptors (Lipinski definition) is 3. The van der Waals surface area contributed by atoms with Gasteiger partial charge >= 0.3 is 0 Å². The summed E-state index contributed by atoms with van der Waals surface area (Å²) in [6.07, 6.45) is 1.21. The summed E-state index contributed by atoms with van der Waals surface area (Å²) in [4.78, 5) is 0.820. The van der Waals surface area contributed by atoms with Crippen LogP contribution in [-0.2, 0) is 4.74 Å². The molecule has 2 rings (SSSR count). The predicted molar refractivity (Wildman–Crippen MR) is 73.2 cm³/mol. The van der Waals surface area contributed by atoms with E-state index in [-0.39, 0.29) is 11.9 Å². The molecule has 16 heavy (non-hydrogen) atoms. The van der Waals surface area contributed by atoms with Crippen LogP contribution in [0.3, 0.4) is 0 Å². The number of nitrogens with two attached hydrogens (primary N) is 1. The lowest BCUT2D eigenvalue weighted by molar-refractivity contribution is 0.127. The number of hydrogen-bond donors (Lipinski definition) is 1. The molecule has 0 amide bonds. The van der Waals surface area contributed by atoms with Crippen LogP contribution in [-0.4, -0.2) is 18.0 Å². The Morgan fingerprint density at radius 2 is 2.31 bits per heavy atom. The molecular formula is C11H13FINOS. The van der Waals surface area contributed by atoms with E-state index < -0.39 is 0 Å². The van der Waals surface area contributed by atoms with Gasteiger partial charge in [-0.25, -0.2) is 4.39 Å². The van der Waals surface area contributed by atoms with E-state index in [1.54, 1.807) is 17.8 Å². The normalized spacial score (nSPS) is 24.9. The van der Waals surface area contributed by atoms with E-state index in [2.05, 4.69) is 0 Å². The summed E-state index contributed by atoms with van der Waals surface area (Å²) < 4.78 is 19.5. The van der Waals surface area contributed by atoms with E-state index in [1.165, 1.54) is 6.07 Å². The van der Waals surface area contributed by atoms with Gasteiger partial charge in [0.1, 0.15) is 5.82 Å². The lowest BCUT2D eigenvalue weighted by atomic mass is 10.3. The van der Waals surface area contributed by atoms with Gasteiger partial charge in [0.05, 0.1) is 9.67 Å². The molecule has 0 aromatic heterocycles. The summed E-state index contributed by atoms with van der Waals surface area (Å²) in [5, 5.41) is 0.377. The van der Waals surface area contributed by atoms with Crippen LogP contribution in [0.25, 0.3) is 0 Å². The molecular weight excluding hydrogens is 340 g/mol. The van der Waals surface area contributed by atoms with Gasteiger partial charge in [0, 0.05) is 22.4 Å². The average molecular weight is 353 g/mol. The van der Waals surface area contributed by atoms with Crippen molar-refractivity contribution in [2.75, 3.05) is 12.3 Å². The summed E-state index contributed by atoms with van der Waals surface area (Å²) in [6, 6.07) is 3.20. The minimum atomic E-state index is -0.205. The molecule has 1 aromatic rings. The fraction of sp³-hybridized carbons (Fsp3) is 0.455. The van der Waals surface area contributed by atoms with Crippen LogP contribution in [0, 0.1) is 9.39 Å². The average Bonchev–Trinajstić information content (AvgIpc) is 2.61. The van der Waals surface area contributed by atoms with Gasteiger partial charge in [-0.15, -0.1) is 11.8 Å². The molecule has 2 nitrogen and oxygen atoms in total. The van der Waals surface area contributed by atoms with Crippen molar-refractivity contribution in [3.63, 3.8) is 0 Å². The van der Waals surface area contributed by atoms with E-state index in [1.807, 2.05) is 29.5 Å². The van der Waals surface area contributed by atoms with Crippen molar-refractivity contribution in [2.24, 2.45) is 0 Å². The molecule has 2 atom stereocenters. The third-order valence-electron chi connectivity index (χ3n) is 2.64. The molecule has 1 aliphatic heterocycles. The summed E-state index contributed by atoms with van der Waals surface area (Å²) in [6.45, 7) is 2.83. The van der Waals surface area contributed by atoms with Crippen LogP contribution in [0.1, 0.15) is 13.3 Å². The second-order valence-electron chi connectivity index (χ2n) is 3.83. The molecule has 88 valence electrons. The van der Waals surface area contributed by atoms with Crippen molar-refractivity contribution >= 4 is 40.0 Å². The molecule has 0 radical (unpaired) electrons. The largest absolute Gasteiger partial charge is 0.398 e. The smallest absolute Gasteiger partial charge is 0.137 e. The first-order chi connectivity index (χ1) is 7.58. The van der Waals surface area contributed by atoms with Gasteiger partial charge < -0.3 is 10.5 Å². The van der Waals surface area contributed by atoms with Crippen molar-refractivity contribution < 1.29 is 9.13 Å². The van der Waals surface area contributed by atoms with Crippen LogP contribution in [0.5, 0.6) is 0 Å². The molecule has 2 N–H and O–H groups in total. The highest BCUT2D eigenvalue weighted by molar-refractivity contribution is 14.1. The minimum absolute atomic E-state index is 0.205. The lowest BCUT2D eigenvalue weighted by Gasteiger charge is -2.15. The lowest BCUT2D eigenvalue weighted by Crippen LogP contribution is -2.13. The maximum atomic E-state index is 13.4. The predicted octanol–water partition coefficient (Wildman–Crippen LogP) is 3.28. The molecule has 5 heteroatoms. The summed E-state index contributed by atoms with van der Waals surface area (Å²) in [7, 11) is 0. The second-order valence-corrected chi connectivity index (χ2v) is 6.27. The number of nitrogen functional groups attached to an aromatic ring is 1. The third kappa shape index (κ3) is 2.62. The van der Waals surface area contributed by atoms with Crippen molar-refractivity contribution in [2.45, 2.75) is 29.6 Å². The molecule has 0 aliphatic carbocycles. The summed E-state index contributed by atoms with van der Waals surface area (Å²) >= 11 is 3.56. The van der Waals surface area contributed by atoms with Crippen molar-refractivity contribution in [1.29, 1.82) is 0 Å². The van der Waals surface area contributed by atoms with Crippen molar-refractivity contribution in [1.82, 2.24) is 0 Å². The summed E-state index contributed by atoms with van der Waals surface area (Å²) in [5.41, 5.74) is 6.53. The Hall–Kier alpha value is -0.0100. The molecule has 0 saturated carbocycles. The van der Waals surface area contributed by atoms with Crippen molar-refractivity contribution in [3.05, 3.63) is 21.5 Å². The second kappa shape index (κ2) is 5.10. The number of benzene rings is 1. The van der Waals surface area contributed by atoms with E-state index >= 15 is 0 Å². The number of halogens is 2. The topological polar surface area (TPSA) is 35.2 Å². The highest BCUT2D eigenvalue weighted by Crippen LogP contribution is 2.36. The van der Waals surface area contributed by atoms with Gasteiger partial charge in [0.2, 0.25) is 0 Å². The molecule has 0 bridgehead atoms. The van der Waals surface area contributed by atoms with Gasteiger partial charge in [-0.1, -0.05) is 0 Å². The molecule has 1 saturated heterocycles. The zero-order valence-corrected chi connectivity index (χ0v) is 11.8. The summed E-state index contributed by atoms with van der Waals surface area (Å²) in [5.74, 6) is -0.205. The first-order valence-corrected chi connectivity index (χ1v) is 7.06. The highest BCUT2D eigenvalue weighted by atomic mass is 127. The zero-order chi connectivity index (χ0) is 11.7. The first-order valence-electron chi connectivity index (χ1n) is 5.10. The van der Waals surface area contributed by atoms with Crippen LogP contribution in [0.4, 0.5) is 10.1 Å². The number of thioether (sulfide) groups is 1. The van der Waals surface area contributed by atoms with Crippen LogP contribution < -0.4 is 5.73 Å². The van der Waals surface area contributed by atoms with Crippen LogP contribution in [0.2, 0.25) is 0 Å². The Morgan fingerprint density at radius 1 is 1.56 bits per heavy atom. The number of rotatable bonds is 2. The Balaban J connectivity index is 2.18. The third-order valence-corrected chi connectivity index (χ3v) is 4.99. The van der Waals surface area contributed by atoms with Crippen molar-refractivity contribution in [3.8, 4) is 0 Å². The van der Waals surface area contributed by atoms with E-state index in [9.17, 15) is 4.39 Å². The standard InChI is InChI=1S/C11H13FINOS/c1-6-10(2-3-15-6)16-11-4-7(12)8(13)5-9(11)14/h4-6,10H,2-3,14H2,1H3. The molecule has 0 spiro atoms. The molecule has 1 heterocycles. The maximum Gasteiger partial charge on any atom is 0.137 e. The van der Waals surface area contributed by atoms with Gasteiger partial charge in [-0.05, 0) is 48.1 Å². The minimum Gasteiger partial charge on any atom is -0.398 e. The van der Waals surface area contributed by atoms with E-state index in [4.69, 9.17) is 10.5 Å². The van der Waals surface area contributed by atoms with Gasteiger partial charge in [-0.3, -0.25) is 0 Å². The van der Waals surface area contributed by atoms with Crippen LogP contribution >= 0.6 is 34.4 Å². The van der Waals surface area contributed by atoms with Gasteiger partial charge in [0.25, 0.3) is 0 Å².